The summed E-state index contributed by atoms with van der Waals surface area (Å²) in [5.41, 5.74) is 0.889. The Labute approximate surface area is 150 Å². The molecule has 0 radical (unpaired) electrons. The molecule has 0 atom stereocenters. The minimum absolute atomic E-state index is 0.363. The first-order valence-corrected chi connectivity index (χ1v) is 8.45. The van der Waals surface area contributed by atoms with Gasteiger partial charge in [-0.2, -0.15) is 0 Å². The molecule has 9 heteroatoms. The molecule has 0 unspecified atom stereocenters. The number of nitrogens with zero attached hydrogens (tertiary/aromatic N) is 4. The normalized spacial score (nSPS) is 13.4. The zero-order valence-corrected chi connectivity index (χ0v) is 15.2. The van der Waals surface area contributed by atoms with E-state index in [1.165, 1.54) is 11.6 Å². The van der Waals surface area contributed by atoms with Gasteiger partial charge in [-0.15, -0.1) is 0 Å². The highest BCUT2D eigenvalue weighted by Gasteiger charge is 2.18. The van der Waals surface area contributed by atoms with Gasteiger partial charge in [0.05, 0.1) is 12.9 Å². The van der Waals surface area contributed by atoms with Crippen molar-refractivity contribution in [2.24, 2.45) is 14.1 Å². The summed E-state index contributed by atoms with van der Waals surface area (Å²) in [7, 11) is 3.06. The van der Waals surface area contributed by atoms with Crippen molar-refractivity contribution in [2.45, 2.75) is 6.54 Å². The molecule has 2 aromatic heterocycles. The molecule has 1 aromatic carbocycles. The summed E-state index contributed by atoms with van der Waals surface area (Å²) in [6, 6.07) is 3.74. The number of benzene rings is 1. The van der Waals surface area contributed by atoms with Crippen molar-refractivity contribution >= 4 is 27.1 Å². The van der Waals surface area contributed by atoms with Gasteiger partial charge >= 0.3 is 5.69 Å². The van der Waals surface area contributed by atoms with E-state index in [4.69, 9.17) is 9.47 Å². The maximum atomic E-state index is 12.5. The maximum absolute atomic E-state index is 12.5. The fraction of sp³-hybridized carbons (Fsp3) is 0.312. The number of rotatable bonds is 2. The highest BCUT2D eigenvalue weighted by atomic mass is 79.9. The van der Waals surface area contributed by atoms with Crippen LogP contribution in [-0.2, 0) is 20.6 Å². The van der Waals surface area contributed by atoms with E-state index < -0.39 is 5.69 Å². The van der Waals surface area contributed by atoms with Crippen molar-refractivity contribution < 1.29 is 9.47 Å². The molecule has 0 fully saturated rings. The van der Waals surface area contributed by atoms with Crippen LogP contribution in [0.5, 0.6) is 11.5 Å². The molecule has 8 nitrogen and oxygen atoms in total. The molecule has 0 saturated heterocycles. The molecule has 4 rings (SSSR count). The molecule has 1 aliphatic rings. The molecular weight excluding hydrogens is 392 g/mol. The van der Waals surface area contributed by atoms with Gasteiger partial charge in [0.2, 0.25) is 0 Å². The lowest BCUT2D eigenvalue weighted by atomic mass is 10.2. The number of hydrogen-bond acceptors (Lipinski definition) is 5. The predicted molar refractivity (Wildman–Crippen MR) is 94.4 cm³/mol. The summed E-state index contributed by atoms with van der Waals surface area (Å²) in [6.07, 6.45) is 1.56. The van der Waals surface area contributed by atoms with E-state index >= 15 is 0 Å². The third-order valence-electron chi connectivity index (χ3n) is 4.27. The Morgan fingerprint density at radius 1 is 1.12 bits per heavy atom. The van der Waals surface area contributed by atoms with E-state index in [1.807, 2.05) is 12.1 Å². The smallest absolute Gasteiger partial charge is 0.332 e. The number of fused-ring (bicyclic) bond motifs is 2. The molecule has 25 heavy (non-hydrogen) atoms. The zero-order valence-electron chi connectivity index (χ0n) is 13.7. The minimum atomic E-state index is -0.400. The first-order chi connectivity index (χ1) is 12.0. The first-order valence-electron chi connectivity index (χ1n) is 7.66. The van der Waals surface area contributed by atoms with Gasteiger partial charge in [-0.25, -0.2) is 9.78 Å². The van der Waals surface area contributed by atoms with Crippen molar-refractivity contribution in [3.8, 4) is 11.5 Å². The van der Waals surface area contributed by atoms with Crippen molar-refractivity contribution in [2.75, 3.05) is 13.2 Å². The topological polar surface area (TPSA) is 80.3 Å². The van der Waals surface area contributed by atoms with Crippen molar-refractivity contribution in [3.63, 3.8) is 0 Å². The lowest BCUT2D eigenvalue weighted by molar-refractivity contribution is 0.171. The van der Waals surface area contributed by atoms with Gasteiger partial charge in [0.25, 0.3) is 5.56 Å². The highest BCUT2D eigenvalue weighted by Crippen LogP contribution is 2.36. The van der Waals surface area contributed by atoms with E-state index in [0.717, 1.165) is 14.6 Å². The van der Waals surface area contributed by atoms with E-state index in [9.17, 15) is 9.59 Å². The van der Waals surface area contributed by atoms with Crippen LogP contribution in [-0.4, -0.2) is 31.9 Å². The maximum Gasteiger partial charge on any atom is 0.332 e. The van der Waals surface area contributed by atoms with Crippen molar-refractivity contribution in [1.29, 1.82) is 0 Å². The van der Waals surface area contributed by atoms with Crippen molar-refractivity contribution in [3.05, 3.63) is 49.3 Å². The van der Waals surface area contributed by atoms with Gasteiger partial charge < -0.3 is 14.0 Å². The summed E-state index contributed by atoms with van der Waals surface area (Å²) >= 11 is 3.54. The van der Waals surface area contributed by atoms with Gasteiger partial charge in [-0.3, -0.25) is 13.9 Å². The van der Waals surface area contributed by atoms with E-state index in [-0.39, 0.29) is 5.56 Å². The van der Waals surface area contributed by atoms with Crippen molar-refractivity contribution in [1.82, 2.24) is 18.7 Å². The Kier molecular flexibility index (Phi) is 3.68. The summed E-state index contributed by atoms with van der Waals surface area (Å²) in [4.78, 5) is 28.8. The number of aromatic nitrogens is 4. The Hall–Kier alpha value is -2.55. The van der Waals surface area contributed by atoms with Gasteiger partial charge in [0.15, 0.2) is 22.7 Å². The van der Waals surface area contributed by atoms with Gasteiger partial charge in [-0.05, 0) is 17.7 Å². The second kappa shape index (κ2) is 5.76. The molecule has 0 aliphatic carbocycles. The Bertz CT molecular complexity index is 1110. The average Bonchev–Trinajstić information content (AvgIpc) is 3.02. The van der Waals surface area contributed by atoms with Crippen LogP contribution in [0.15, 0.2) is 32.5 Å². The summed E-state index contributed by atoms with van der Waals surface area (Å²) in [5.74, 6) is 1.37. The molecule has 130 valence electrons. The second-order valence-electron chi connectivity index (χ2n) is 5.84. The predicted octanol–water partition coefficient (Wildman–Crippen LogP) is 1.02. The van der Waals surface area contributed by atoms with Gasteiger partial charge in [0.1, 0.15) is 13.2 Å². The molecule has 3 aromatic rings. The van der Waals surface area contributed by atoms with Crippen LogP contribution in [0.1, 0.15) is 5.56 Å². The minimum Gasteiger partial charge on any atom is -0.486 e. The quantitative estimate of drug-likeness (QED) is 0.634. The van der Waals surface area contributed by atoms with Crippen LogP contribution in [0.4, 0.5) is 0 Å². The van der Waals surface area contributed by atoms with Crippen LogP contribution in [0.3, 0.4) is 0 Å². The molecule has 0 amide bonds. The standard InChI is InChI=1S/C16H15BrN4O4/c1-19-14-13(15(22)20(2)16(19)23)21(8-18-14)7-9-5-11-12(6-10(9)17)25-4-3-24-11/h5-6,8H,3-4,7H2,1-2H3. The lowest BCUT2D eigenvalue weighted by Gasteiger charge is -2.20. The summed E-state index contributed by atoms with van der Waals surface area (Å²) < 4.78 is 16.2. The van der Waals surface area contributed by atoms with E-state index in [1.54, 1.807) is 17.9 Å². The molecule has 3 heterocycles. The van der Waals surface area contributed by atoms with E-state index in [0.29, 0.717) is 42.4 Å². The highest BCUT2D eigenvalue weighted by molar-refractivity contribution is 9.10. The number of aryl methyl sites for hydroxylation is 1. The third kappa shape index (κ3) is 2.46. The van der Waals surface area contributed by atoms with Crippen LogP contribution in [0.25, 0.3) is 11.2 Å². The third-order valence-corrected chi connectivity index (χ3v) is 5.01. The fourth-order valence-electron chi connectivity index (χ4n) is 2.93. The molecule has 0 N–H and O–H groups in total. The number of imidazole rings is 1. The molecule has 0 bridgehead atoms. The second-order valence-corrected chi connectivity index (χ2v) is 6.69. The number of hydrogen-bond donors (Lipinski definition) is 0. The lowest BCUT2D eigenvalue weighted by Crippen LogP contribution is -2.37. The molecule has 1 aliphatic heterocycles. The van der Waals surface area contributed by atoms with Gasteiger partial charge in [-0.1, -0.05) is 15.9 Å². The first kappa shape index (κ1) is 15.9. The van der Waals surface area contributed by atoms with Crippen LogP contribution < -0.4 is 20.7 Å². The number of ether oxygens (including phenoxy) is 2. The average molecular weight is 407 g/mol. The SMILES string of the molecule is Cn1c(=O)c2c(ncn2Cc2cc3c(cc2Br)OCCO3)n(C)c1=O. The zero-order chi connectivity index (χ0) is 17.7. The van der Waals surface area contributed by atoms with Crippen LogP contribution >= 0.6 is 15.9 Å². The number of halogens is 1. The Morgan fingerprint density at radius 2 is 1.80 bits per heavy atom. The molecule has 0 spiro atoms. The monoisotopic (exact) mass is 406 g/mol. The van der Waals surface area contributed by atoms with E-state index in [2.05, 4.69) is 20.9 Å². The summed E-state index contributed by atoms with van der Waals surface area (Å²) in [6.45, 7) is 1.43. The Morgan fingerprint density at radius 3 is 2.52 bits per heavy atom. The van der Waals surface area contributed by atoms with Gasteiger partial charge in [0, 0.05) is 18.6 Å². The largest absolute Gasteiger partial charge is 0.486 e. The fourth-order valence-corrected chi connectivity index (χ4v) is 3.38. The molecular formula is C16H15BrN4O4. The molecule has 0 saturated carbocycles. The van der Waals surface area contributed by atoms with Crippen LogP contribution in [0.2, 0.25) is 0 Å². The van der Waals surface area contributed by atoms with Crippen LogP contribution in [0, 0.1) is 0 Å². The Balaban J connectivity index is 1.85. The summed E-state index contributed by atoms with van der Waals surface area (Å²) in [5, 5.41) is 0.